The fourth-order valence-electron chi connectivity index (χ4n) is 2.68. The highest BCUT2D eigenvalue weighted by molar-refractivity contribution is 9.10. The van der Waals surface area contributed by atoms with Crippen LogP contribution in [0.5, 0.6) is 0 Å². The van der Waals surface area contributed by atoms with E-state index in [4.69, 9.17) is 0 Å². The molecule has 3 nitrogen and oxygen atoms in total. The summed E-state index contributed by atoms with van der Waals surface area (Å²) < 4.78 is 27.7. The molecule has 0 amide bonds. The molecule has 1 fully saturated rings. The smallest absolute Gasteiger partial charge is 0.207 e. The van der Waals surface area contributed by atoms with Crippen molar-refractivity contribution < 1.29 is 8.42 Å². The third-order valence-corrected chi connectivity index (χ3v) is 6.74. The number of nitrogens with zero attached hydrogens (tertiary/aromatic N) is 1. The lowest BCUT2D eigenvalue weighted by Gasteiger charge is -2.26. The minimum atomic E-state index is -3.33. The molecule has 1 heterocycles. The van der Waals surface area contributed by atoms with Gasteiger partial charge in [-0.25, -0.2) is 8.42 Å². The van der Waals surface area contributed by atoms with Crippen LogP contribution in [0.15, 0.2) is 33.6 Å². The number of sulfonamides is 1. The highest BCUT2D eigenvalue weighted by atomic mass is 79.9. The summed E-state index contributed by atoms with van der Waals surface area (Å²) in [5.41, 5.74) is 0.169. The molecule has 0 aliphatic carbocycles. The van der Waals surface area contributed by atoms with Crippen LogP contribution in [-0.2, 0) is 10.0 Å². The van der Waals surface area contributed by atoms with Gasteiger partial charge in [-0.05, 0) is 48.9 Å². The van der Waals surface area contributed by atoms with Gasteiger partial charge in [0, 0.05) is 17.6 Å². The zero-order valence-electron chi connectivity index (χ0n) is 11.4. The molecule has 19 heavy (non-hydrogen) atoms. The summed E-state index contributed by atoms with van der Waals surface area (Å²) in [7, 11) is -3.33. The molecule has 1 aliphatic rings. The van der Waals surface area contributed by atoms with Crippen LogP contribution < -0.4 is 0 Å². The van der Waals surface area contributed by atoms with Crippen LogP contribution in [0.1, 0.15) is 33.1 Å². The van der Waals surface area contributed by atoms with Gasteiger partial charge >= 0.3 is 0 Å². The van der Waals surface area contributed by atoms with Crippen LogP contribution in [0, 0.1) is 5.41 Å². The Balaban J connectivity index is 2.25. The molecule has 1 saturated heterocycles. The summed E-state index contributed by atoms with van der Waals surface area (Å²) in [6.07, 6.45) is 3.04. The number of halogens is 1. The molecule has 0 unspecified atom stereocenters. The van der Waals surface area contributed by atoms with E-state index >= 15 is 0 Å². The maximum Gasteiger partial charge on any atom is 0.243 e. The van der Waals surface area contributed by atoms with Crippen LogP contribution in [0.3, 0.4) is 0 Å². The van der Waals surface area contributed by atoms with E-state index in [0.717, 1.165) is 23.7 Å². The first kappa shape index (κ1) is 15.0. The lowest BCUT2D eigenvalue weighted by atomic mass is 9.82. The topological polar surface area (TPSA) is 37.4 Å². The van der Waals surface area contributed by atoms with E-state index in [0.29, 0.717) is 18.0 Å². The van der Waals surface area contributed by atoms with Crippen molar-refractivity contribution in [2.45, 2.75) is 38.0 Å². The maximum atomic E-state index is 12.6. The molecule has 0 aromatic heterocycles. The van der Waals surface area contributed by atoms with Gasteiger partial charge in [-0.1, -0.05) is 29.8 Å². The normalized spacial score (nSPS) is 19.7. The molecular formula is C14H20BrNO2S. The second-order valence-electron chi connectivity index (χ2n) is 5.25. The van der Waals surface area contributed by atoms with Crippen molar-refractivity contribution in [3.63, 3.8) is 0 Å². The first-order valence-electron chi connectivity index (χ1n) is 6.69. The summed E-state index contributed by atoms with van der Waals surface area (Å²) in [4.78, 5) is 0.388. The Labute approximate surface area is 124 Å². The van der Waals surface area contributed by atoms with Gasteiger partial charge in [0.15, 0.2) is 0 Å². The lowest BCUT2D eigenvalue weighted by Crippen LogP contribution is -2.31. The molecule has 1 aliphatic heterocycles. The van der Waals surface area contributed by atoms with Crippen LogP contribution in [0.25, 0.3) is 0 Å². The average Bonchev–Trinajstić information content (AvgIpc) is 2.85. The van der Waals surface area contributed by atoms with Crippen LogP contribution in [0.4, 0.5) is 0 Å². The van der Waals surface area contributed by atoms with E-state index in [2.05, 4.69) is 29.8 Å². The Morgan fingerprint density at radius 3 is 2.26 bits per heavy atom. The Morgan fingerprint density at radius 1 is 1.21 bits per heavy atom. The fraction of sp³-hybridized carbons (Fsp3) is 0.571. The van der Waals surface area contributed by atoms with Gasteiger partial charge in [-0.3, -0.25) is 0 Å². The SMILES string of the molecule is CCC1(CC)CCN(S(=O)(=O)c2ccc(Br)cc2)C1. The first-order chi connectivity index (χ1) is 8.93. The van der Waals surface area contributed by atoms with Crippen molar-refractivity contribution in [2.24, 2.45) is 5.41 Å². The number of hydrogen-bond acceptors (Lipinski definition) is 2. The van der Waals surface area contributed by atoms with Gasteiger partial charge in [-0.2, -0.15) is 4.31 Å². The molecular weight excluding hydrogens is 326 g/mol. The average molecular weight is 346 g/mol. The van der Waals surface area contributed by atoms with Gasteiger partial charge in [0.05, 0.1) is 4.90 Å². The van der Waals surface area contributed by atoms with Crippen molar-refractivity contribution in [1.82, 2.24) is 4.31 Å². The maximum absolute atomic E-state index is 12.6. The first-order valence-corrected chi connectivity index (χ1v) is 8.92. The zero-order valence-corrected chi connectivity index (χ0v) is 13.8. The Bertz CT molecular complexity index is 535. The highest BCUT2D eigenvalue weighted by Gasteiger charge is 2.40. The van der Waals surface area contributed by atoms with E-state index in [1.807, 2.05) is 0 Å². The quantitative estimate of drug-likeness (QED) is 0.835. The lowest BCUT2D eigenvalue weighted by molar-refractivity contribution is 0.279. The summed E-state index contributed by atoms with van der Waals surface area (Å²) in [6, 6.07) is 6.88. The van der Waals surface area contributed by atoms with Crippen LogP contribution >= 0.6 is 15.9 Å². The Morgan fingerprint density at radius 2 is 1.79 bits per heavy atom. The summed E-state index contributed by atoms with van der Waals surface area (Å²) in [5.74, 6) is 0. The molecule has 0 bridgehead atoms. The summed E-state index contributed by atoms with van der Waals surface area (Å²) >= 11 is 3.33. The van der Waals surface area contributed by atoms with Crippen molar-refractivity contribution >= 4 is 26.0 Å². The fourth-order valence-corrected chi connectivity index (χ4v) is 4.50. The minimum Gasteiger partial charge on any atom is -0.207 e. The molecule has 2 rings (SSSR count). The molecule has 106 valence electrons. The molecule has 1 aromatic carbocycles. The Hall–Kier alpha value is -0.390. The van der Waals surface area contributed by atoms with Gasteiger partial charge < -0.3 is 0 Å². The molecule has 5 heteroatoms. The zero-order chi connectivity index (χ0) is 14.1. The predicted octanol–water partition coefficient (Wildman–Crippen LogP) is 3.65. The van der Waals surface area contributed by atoms with Crippen LogP contribution in [0.2, 0.25) is 0 Å². The Kier molecular flexibility index (Phi) is 4.38. The second-order valence-corrected chi connectivity index (χ2v) is 8.10. The van der Waals surface area contributed by atoms with Crippen molar-refractivity contribution in [3.8, 4) is 0 Å². The van der Waals surface area contributed by atoms with Gasteiger partial charge in [0.25, 0.3) is 0 Å². The number of rotatable bonds is 4. The summed E-state index contributed by atoms with van der Waals surface area (Å²) in [5, 5.41) is 0. The number of hydrogen-bond donors (Lipinski definition) is 0. The second kappa shape index (κ2) is 5.54. The highest BCUT2D eigenvalue weighted by Crippen LogP contribution is 2.39. The monoisotopic (exact) mass is 345 g/mol. The van der Waals surface area contributed by atoms with E-state index < -0.39 is 10.0 Å². The third kappa shape index (κ3) is 2.88. The minimum absolute atomic E-state index is 0.169. The number of benzene rings is 1. The predicted molar refractivity (Wildman–Crippen MR) is 80.5 cm³/mol. The molecule has 0 spiro atoms. The molecule has 0 N–H and O–H groups in total. The van der Waals surface area contributed by atoms with Crippen molar-refractivity contribution in [2.75, 3.05) is 13.1 Å². The van der Waals surface area contributed by atoms with Crippen LogP contribution in [-0.4, -0.2) is 25.8 Å². The molecule has 1 aromatic rings. The summed E-state index contributed by atoms with van der Waals surface area (Å²) in [6.45, 7) is 5.59. The van der Waals surface area contributed by atoms with E-state index in [-0.39, 0.29) is 5.41 Å². The standard InChI is InChI=1S/C14H20BrNO2S/c1-3-14(4-2)9-10-16(11-14)19(17,18)13-7-5-12(15)6-8-13/h5-8H,3-4,9-11H2,1-2H3. The molecule has 0 saturated carbocycles. The molecule has 0 radical (unpaired) electrons. The molecule has 0 atom stereocenters. The van der Waals surface area contributed by atoms with E-state index in [9.17, 15) is 8.42 Å². The van der Waals surface area contributed by atoms with Crippen molar-refractivity contribution in [1.29, 1.82) is 0 Å². The largest absolute Gasteiger partial charge is 0.243 e. The van der Waals surface area contributed by atoms with E-state index in [1.165, 1.54) is 0 Å². The van der Waals surface area contributed by atoms with Gasteiger partial charge in [0.2, 0.25) is 10.0 Å². The van der Waals surface area contributed by atoms with E-state index in [1.54, 1.807) is 28.6 Å². The van der Waals surface area contributed by atoms with Crippen molar-refractivity contribution in [3.05, 3.63) is 28.7 Å². The van der Waals surface area contributed by atoms with Gasteiger partial charge in [-0.15, -0.1) is 0 Å². The third-order valence-electron chi connectivity index (χ3n) is 4.35. The van der Waals surface area contributed by atoms with Gasteiger partial charge in [0.1, 0.15) is 0 Å².